The van der Waals surface area contributed by atoms with E-state index in [-0.39, 0.29) is 17.4 Å². The first-order valence-electron chi connectivity index (χ1n) is 12.0. The van der Waals surface area contributed by atoms with Gasteiger partial charge in [0, 0.05) is 41.8 Å². The molecule has 0 saturated carbocycles. The number of carboxylic acid groups (broad SMARTS) is 1. The number of piperidine rings is 1. The van der Waals surface area contributed by atoms with E-state index in [1.807, 2.05) is 18.2 Å². The first-order chi connectivity index (χ1) is 18.0. The van der Waals surface area contributed by atoms with Crippen LogP contribution in [0.4, 0.5) is 17.2 Å². The van der Waals surface area contributed by atoms with Crippen LogP contribution >= 0.6 is 0 Å². The predicted octanol–water partition coefficient (Wildman–Crippen LogP) is 4.71. The molecule has 186 valence electrons. The maximum absolute atomic E-state index is 12.8. The minimum absolute atomic E-state index is 0.114. The summed E-state index contributed by atoms with van der Waals surface area (Å²) in [5.41, 5.74) is 3.33. The molecule has 3 aromatic carbocycles. The van der Waals surface area contributed by atoms with Crippen molar-refractivity contribution in [3.8, 4) is 0 Å². The lowest BCUT2D eigenvalue weighted by Gasteiger charge is -2.26. The number of carboxylic acids is 1. The third-order valence-electron chi connectivity index (χ3n) is 6.30. The van der Waals surface area contributed by atoms with Gasteiger partial charge in [0.2, 0.25) is 5.91 Å². The van der Waals surface area contributed by atoms with Gasteiger partial charge in [0.15, 0.2) is 0 Å². The first-order valence-corrected chi connectivity index (χ1v) is 12.0. The third kappa shape index (κ3) is 5.25. The molecule has 0 spiro atoms. The van der Waals surface area contributed by atoms with Gasteiger partial charge < -0.3 is 20.6 Å². The molecule has 1 fully saturated rings. The Hall–Kier alpha value is -4.79. The Morgan fingerprint density at radius 1 is 0.973 bits per heavy atom. The molecule has 9 nitrogen and oxygen atoms in total. The topological polar surface area (TPSA) is 125 Å². The number of aromatic carboxylic acids is 1. The smallest absolute Gasteiger partial charge is 0.337 e. The predicted molar refractivity (Wildman–Crippen MR) is 141 cm³/mol. The summed E-state index contributed by atoms with van der Waals surface area (Å²) in [5, 5.41) is 16.2. The SMILES string of the molecule is O=C(Nc1cccc(CNc2ncnc3c(C(=O)O)cccc23)c1)c1ccc(N2CCCCC2=O)cc1. The van der Waals surface area contributed by atoms with Gasteiger partial charge in [-0.15, -0.1) is 0 Å². The number of para-hydroxylation sites is 1. The zero-order valence-electron chi connectivity index (χ0n) is 20.0. The quantitative estimate of drug-likeness (QED) is 0.339. The molecule has 4 aromatic rings. The Balaban J connectivity index is 1.25. The van der Waals surface area contributed by atoms with Crippen LogP contribution < -0.4 is 15.5 Å². The van der Waals surface area contributed by atoms with Crippen LogP contribution in [0.3, 0.4) is 0 Å². The molecule has 1 aliphatic heterocycles. The van der Waals surface area contributed by atoms with E-state index in [1.165, 1.54) is 12.4 Å². The molecule has 0 bridgehead atoms. The first kappa shape index (κ1) is 23.9. The van der Waals surface area contributed by atoms with E-state index in [4.69, 9.17) is 0 Å². The normalized spacial score (nSPS) is 13.4. The molecule has 1 aromatic heterocycles. The van der Waals surface area contributed by atoms with Crippen molar-refractivity contribution in [1.29, 1.82) is 0 Å². The summed E-state index contributed by atoms with van der Waals surface area (Å²) in [7, 11) is 0. The van der Waals surface area contributed by atoms with Crippen molar-refractivity contribution < 1.29 is 19.5 Å². The van der Waals surface area contributed by atoms with Gasteiger partial charge in [0.1, 0.15) is 12.1 Å². The van der Waals surface area contributed by atoms with Gasteiger partial charge in [0.05, 0.1) is 11.1 Å². The van der Waals surface area contributed by atoms with Gasteiger partial charge in [-0.05, 0) is 66.9 Å². The number of rotatable bonds is 7. The minimum Gasteiger partial charge on any atom is -0.478 e. The highest BCUT2D eigenvalue weighted by Crippen LogP contribution is 2.24. The molecular weight excluding hydrogens is 470 g/mol. The second-order valence-electron chi connectivity index (χ2n) is 8.79. The molecule has 0 atom stereocenters. The average molecular weight is 496 g/mol. The van der Waals surface area contributed by atoms with E-state index < -0.39 is 5.97 Å². The van der Waals surface area contributed by atoms with Crippen LogP contribution in [0, 0.1) is 0 Å². The molecule has 37 heavy (non-hydrogen) atoms. The van der Waals surface area contributed by atoms with E-state index in [0.29, 0.717) is 47.5 Å². The molecule has 9 heteroatoms. The molecule has 1 aliphatic rings. The highest BCUT2D eigenvalue weighted by molar-refractivity contribution is 6.05. The number of nitrogens with zero attached hydrogens (tertiary/aromatic N) is 3. The molecule has 1 saturated heterocycles. The fourth-order valence-corrected chi connectivity index (χ4v) is 4.42. The number of benzene rings is 3. The third-order valence-corrected chi connectivity index (χ3v) is 6.30. The summed E-state index contributed by atoms with van der Waals surface area (Å²) in [5.74, 6) is -0.654. The number of anilines is 3. The Kier molecular flexibility index (Phi) is 6.76. The number of hydrogen-bond acceptors (Lipinski definition) is 6. The van der Waals surface area contributed by atoms with Gasteiger partial charge in [0.25, 0.3) is 5.91 Å². The minimum atomic E-state index is -1.05. The summed E-state index contributed by atoms with van der Waals surface area (Å²) in [6, 6.07) is 19.4. The second-order valence-corrected chi connectivity index (χ2v) is 8.79. The van der Waals surface area contributed by atoms with Gasteiger partial charge in [-0.2, -0.15) is 0 Å². The number of fused-ring (bicyclic) bond motifs is 1. The Bertz CT molecular complexity index is 1490. The van der Waals surface area contributed by atoms with Crippen LogP contribution in [0.25, 0.3) is 10.9 Å². The summed E-state index contributed by atoms with van der Waals surface area (Å²) < 4.78 is 0. The van der Waals surface area contributed by atoms with Crippen LogP contribution in [-0.2, 0) is 11.3 Å². The summed E-state index contributed by atoms with van der Waals surface area (Å²) in [6.45, 7) is 1.11. The molecule has 2 amide bonds. The van der Waals surface area contributed by atoms with E-state index in [2.05, 4.69) is 20.6 Å². The Morgan fingerprint density at radius 2 is 1.78 bits per heavy atom. The van der Waals surface area contributed by atoms with Crippen molar-refractivity contribution in [3.63, 3.8) is 0 Å². The van der Waals surface area contributed by atoms with E-state index >= 15 is 0 Å². The number of nitrogens with one attached hydrogen (secondary N) is 2. The highest BCUT2D eigenvalue weighted by Gasteiger charge is 2.20. The number of amides is 2. The zero-order valence-corrected chi connectivity index (χ0v) is 20.0. The van der Waals surface area contributed by atoms with Crippen molar-refractivity contribution in [2.45, 2.75) is 25.8 Å². The molecular formula is C28H25N5O4. The van der Waals surface area contributed by atoms with Crippen molar-refractivity contribution in [2.24, 2.45) is 0 Å². The summed E-state index contributed by atoms with van der Waals surface area (Å²) in [6.07, 6.45) is 3.80. The van der Waals surface area contributed by atoms with E-state index in [1.54, 1.807) is 47.4 Å². The lowest BCUT2D eigenvalue weighted by molar-refractivity contribution is -0.119. The average Bonchev–Trinajstić information content (AvgIpc) is 2.92. The van der Waals surface area contributed by atoms with Crippen LogP contribution in [0.1, 0.15) is 45.5 Å². The Labute approximate surface area is 213 Å². The number of aromatic nitrogens is 2. The van der Waals surface area contributed by atoms with E-state index in [9.17, 15) is 19.5 Å². The lowest BCUT2D eigenvalue weighted by atomic mass is 10.1. The molecule has 3 N–H and O–H groups in total. The zero-order chi connectivity index (χ0) is 25.8. The van der Waals surface area contributed by atoms with Gasteiger partial charge in [-0.25, -0.2) is 14.8 Å². The van der Waals surface area contributed by atoms with Gasteiger partial charge in [-0.3, -0.25) is 9.59 Å². The lowest BCUT2D eigenvalue weighted by Crippen LogP contribution is -2.35. The summed E-state index contributed by atoms with van der Waals surface area (Å²) in [4.78, 5) is 46.6. The fourth-order valence-electron chi connectivity index (χ4n) is 4.42. The van der Waals surface area contributed by atoms with Crippen molar-refractivity contribution in [2.75, 3.05) is 22.1 Å². The standard InChI is InChI=1S/C28H25N5O4/c34-24-9-1-2-14-33(24)21-12-10-19(11-13-21)27(35)32-20-6-3-5-18(15-20)16-29-26-22-7-4-8-23(28(36)37)25(22)30-17-31-26/h3-8,10-13,15,17H,1-2,9,14,16H2,(H,32,35)(H,36,37)(H,29,30,31). The van der Waals surface area contributed by atoms with Gasteiger partial charge >= 0.3 is 5.97 Å². The number of carbonyl (C=O) groups excluding carboxylic acids is 2. The molecule has 0 aliphatic carbocycles. The summed E-state index contributed by atoms with van der Waals surface area (Å²) >= 11 is 0. The molecule has 0 radical (unpaired) electrons. The van der Waals surface area contributed by atoms with Crippen molar-refractivity contribution in [3.05, 3.63) is 89.7 Å². The molecule has 5 rings (SSSR count). The van der Waals surface area contributed by atoms with Gasteiger partial charge in [-0.1, -0.05) is 18.2 Å². The maximum atomic E-state index is 12.8. The van der Waals surface area contributed by atoms with Crippen LogP contribution in [-0.4, -0.2) is 39.4 Å². The largest absolute Gasteiger partial charge is 0.478 e. The van der Waals surface area contributed by atoms with Crippen LogP contribution in [0.5, 0.6) is 0 Å². The fraction of sp³-hybridized carbons (Fsp3) is 0.179. The van der Waals surface area contributed by atoms with Crippen molar-refractivity contribution >= 4 is 45.9 Å². The van der Waals surface area contributed by atoms with E-state index in [0.717, 1.165) is 24.1 Å². The molecule has 2 heterocycles. The van der Waals surface area contributed by atoms with Crippen molar-refractivity contribution in [1.82, 2.24) is 9.97 Å². The maximum Gasteiger partial charge on any atom is 0.337 e. The monoisotopic (exact) mass is 495 g/mol. The highest BCUT2D eigenvalue weighted by atomic mass is 16.4. The second kappa shape index (κ2) is 10.4. The number of carbonyl (C=O) groups is 3. The molecule has 0 unspecified atom stereocenters. The Morgan fingerprint density at radius 3 is 2.57 bits per heavy atom. The van der Waals surface area contributed by atoms with Crippen LogP contribution in [0.2, 0.25) is 0 Å². The van der Waals surface area contributed by atoms with Crippen LogP contribution in [0.15, 0.2) is 73.1 Å². The number of hydrogen-bond donors (Lipinski definition) is 3.